The fourth-order valence-electron chi connectivity index (χ4n) is 2.55. The zero-order chi connectivity index (χ0) is 14.8. The monoisotopic (exact) mass is 291 g/mol. The van der Waals surface area contributed by atoms with Crippen LogP contribution in [0.1, 0.15) is 11.6 Å². The highest BCUT2D eigenvalue weighted by Gasteiger charge is 2.31. The van der Waals surface area contributed by atoms with Crippen LogP contribution in [-0.4, -0.2) is 19.8 Å². The molecule has 0 fully saturated rings. The summed E-state index contributed by atoms with van der Waals surface area (Å²) in [6.45, 7) is 0.306. The molecule has 0 amide bonds. The summed E-state index contributed by atoms with van der Waals surface area (Å²) in [5.74, 6) is -0.380. The summed E-state index contributed by atoms with van der Waals surface area (Å²) in [6, 6.07) is 10.7. The molecule has 0 radical (unpaired) electrons. The van der Waals surface area contributed by atoms with Crippen LogP contribution >= 0.6 is 0 Å². The van der Waals surface area contributed by atoms with Gasteiger partial charge in [0.1, 0.15) is 29.7 Å². The normalized spacial score (nSPS) is 20.5. The van der Waals surface area contributed by atoms with Crippen molar-refractivity contribution in [1.82, 2.24) is 5.32 Å². The fraction of sp³-hybridized carbons (Fsp3) is 0.250. The van der Waals surface area contributed by atoms with E-state index >= 15 is 0 Å². The third kappa shape index (κ3) is 2.83. The van der Waals surface area contributed by atoms with Crippen molar-refractivity contribution in [2.24, 2.45) is 0 Å². The van der Waals surface area contributed by atoms with Crippen molar-refractivity contribution in [2.45, 2.75) is 12.1 Å². The topological polar surface area (TPSA) is 30.5 Å². The van der Waals surface area contributed by atoms with Gasteiger partial charge in [0.15, 0.2) is 6.10 Å². The Labute approximate surface area is 121 Å². The van der Waals surface area contributed by atoms with E-state index in [4.69, 9.17) is 9.47 Å². The lowest BCUT2D eigenvalue weighted by Crippen LogP contribution is -2.41. The number of fused-ring (bicyclic) bond motifs is 1. The molecular weight excluding hydrogens is 276 g/mol. The second kappa shape index (κ2) is 5.69. The first kappa shape index (κ1) is 13.8. The summed E-state index contributed by atoms with van der Waals surface area (Å²) in [6.07, 6.45) is -0.369. The molecule has 0 saturated heterocycles. The number of rotatable bonds is 3. The van der Waals surface area contributed by atoms with E-state index in [-0.39, 0.29) is 17.9 Å². The Kier molecular flexibility index (Phi) is 3.75. The molecule has 1 N–H and O–H groups in total. The number of nitrogens with one attached hydrogen (secondary N) is 1. The van der Waals surface area contributed by atoms with Crippen molar-refractivity contribution >= 4 is 0 Å². The van der Waals surface area contributed by atoms with Gasteiger partial charge in [0, 0.05) is 23.8 Å². The molecule has 2 aromatic rings. The Balaban J connectivity index is 1.86. The molecule has 110 valence electrons. The van der Waals surface area contributed by atoms with Crippen molar-refractivity contribution in [3.05, 3.63) is 59.7 Å². The number of hydrogen-bond donors (Lipinski definition) is 1. The average Bonchev–Trinajstić information content (AvgIpc) is 2.46. The van der Waals surface area contributed by atoms with E-state index in [0.717, 1.165) is 29.5 Å². The first-order valence-corrected chi connectivity index (χ1v) is 6.69. The van der Waals surface area contributed by atoms with Gasteiger partial charge >= 0.3 is 0 Å². The van der Waals surface area contributed by atoms with Gasteiger partial charge in [0.25, 0.3) is 0 Å². The molecule has 0 spiro atoms. The molecule has 2 atom stereocenters. The first-order chi connectivity index (χ1) is 10.2. The van der Waals surface area contributed by atoms with Crippen molar-refractivity contribution in [3.63, 3.8) is 0 Å². The highest BCUT2D eigenvalue weighted by molar-refractivity contribution is 5.39. The molecule has 0 aliphatic carbocycles. The number of halogens is 2. The molecule has 2 aromatic carbocycles. The van der Waals surface area contributed by atoms with Crippen LogP contribution in [0.5, 0.6) is 11.5 Å². The Bertz CT molecular complexity index is 628. The maximum absolute atomic E-state index is 13.2. The van der Waals surface area contributed by atoms with E-state index in [9.17, 15) is 8.78 Å². The van der Waals surface area contributed by atoms with Crippen LogP contribution in [-0.2, 0) is 0 Å². The van der Waals surface area contributed by atoms with Gasteiger partial charge in [0.05, 0.1) is 6.04 Å². The van der Waals surface area contributed by atoms with E-state index < -0.39 is 11.6 Å². The minimum absolute atomic E-state index is 0.110. The SMILES string of the molecule is CNC1c2ccccc2OCC1Oc1cc(F)cc(F)c1. The molecule has 3 nitrogen and oxygen atoms in total. The van der Waals surface area contributed by atoms with Crippen molar-refractivity contribution in [1.29, 1.82) is 0 Å². The van der Waals surface area contributed by atoms with Crippen LogP contribution in [0.3, 0.4) is 0 Å². The minimum Gasteiger partial charge on any atom is -0.489 e. The van der Waals surface area contributed by atoms with Crippen LogP contribution in [0.2, 0.25) is 0 Å². The van der Waals surface area contributed by atoms with Gasteiger partial charge in [0.2, 0.25) is 0 Å². The number of likely N-dealkylation sites (N-methyl/N-ethyl adjacent to an activating group) is 1. The first-order valence-electron chi connectivity index (χ1n) is 6.69. The van der Waals surface area contributed by atoms with Gasteiger partial charge in [-0.2, -0.15) is 0 Å². The summed E-state index contributed by atoms with van der Waals surface area (Å²) >= 11 is 0. The number of hydrogen-bond acceptors (Lipinski definition) is 3. The highest BCUT2D eigenvalue weighted by Crippen LogP contribution is 2.33. The van der Waals surface area contributed by atoms with Crippen LogP contribution < -0.4 is 14.8 Å². The lowest BCUT2D eigenvalue weighted by Gasteiger charge is -2.33. The van der Waals surface area contributed by atoms with Crippen LogP contribution in [0.25, 0.3) is 0 Å². The lowest BCUT2D eigenvalue weighted by atomic mass is 9.98. The predicted octanol–water partition coefficient (Wildman–Crippen LogP) is 3.07. The Hall–Kier alpha value is -2.14. The summed E-state index contributed by atoms with van der Waals surface area (Å²) in [5, 5.41) is 3.17. The van der Waals surface area contributed by atoms with Gasteiger partial charge in [-0.15, -0.1) is 0 Å². The van der Waals surface area contributed by atoms with Crippen LogP contribution in [0.4, 0.5) is 8.78 Å². The van der Waals surface area contributed by atoms with Crippen molar-refractivity contribution < 1.29 is 18.3 Å². The van der Waals surface area contributed by atoms with E-state index in [1.807, 2.05) is 31.3 Å². The van der Waals surface area contributed by atoms with E-state index in [0.29, 0.717) is 6.61 Å². The molecule has 3 rings (SSSR count). The highest BCUT2D eigenvalue weighted by atomic mass is 19.1. The second-order valence-electron chi connectivity index (χ2n) is 4.88. The molecule has 21 heavy (non-hydrogen) atoms. The summed E-state index contributed by atoms with van der Waals surface area (Å²) in [4.78, 5) is 0. The molecule has 0 saturated carbocycles. The van der Waals surface area contributed by atoms with Crippen LogP contribution in [0.15, 0.2) is 42.5 Å². The molecule has 5 heteroatoms. The van der Waals surface area contributed by atoms with Gasteiger partial charge in [-0.25, -0.2) is 8.78 Å². The smallest absolute Gasteiger partial charge is 0.152 e. The lowest BCUT2D eigenvalue weighted by molar-refractivity contribution is 0.0768. The fourth-order valence-corrected chi connectivity index (χ4v) is 2.55. The van der Waals surface area contributed by atoms with Gasteiger partial charge in [-0.05, 0) is 13.1 Å². The molecule has 1 aliphatic rings. The molecular formula is C16H15F2NO2. The Morgan fingerprint density at radius 3 is 2.57 bits per heavy atom. The molecule has 0 bridgehead atoms. The minimum atomic E-state index is -0.664. The van der Waals surface area contributed by atoms with E-state index in [1.54, 1.807) is 0 Å². The predicted molar refractivity (Wildman–Crippen MR) is 74.5 cm³/mol. The van der Waals surface area contributed by atoms with Gasteiger partial charge in [-0.3, -0.25) is 0 Å². The summed E-state index contributed by atoms with van der Waals surface area (Å²) in [7, 11) is 1.81. The zero-order valence-electron chi connectivity index (χ0n) is 11.5. The Morgan fingerprint density at radius 1 is 1.14 bits per heavy atom. The van der Waals surface area contributed by atoms with Crippen molar-refractivity contribution in [3.8, 4) is 11.5 Å². The summed E-state index contributed by atoms with van der Waals surface area (Å²) in [5.41, 5.74) is 0.966. The largest absolute Gasteiger partial charge is 0.489 e. The number of ether oxygens (including phenoxy) is 2. The maximum atomic E-state index is 13.2. The maximum Gasteiger partial charge on any atom is 0.152 e. The molecule has 0 aromatic heterocycles. The van der Waals surface area contributed by atoms with Crippen LogP contribution in [0, 0.1) is 11.6 Å². The Morgan fingerprint density at radius 2 is 1.86 bits per heavy atom. The number of benzene rings is 2. The van der Waals surface area contributed by atoms with Gasteiger partial charge in [-0.1, -0.05) is 18.2 Å². The zero-order valence-corrected chi connectivity index (χ0v) is 11.5. The average molecular weight is 291 g/mol. The van der Waals surface area contributed by atoms with Crippen molar-refractivity contribution in [2.75, 3.05) is 13.7 Å². The third-order valence-electron chi connectivity index (χ3n) is 3.46. The molecule has 1 aliphatic heterocycles. The van der Waals surface area contributed by atoms with E-state index in [2.05, 4.69) is 5.32 Å². The third-order valence-corrected chi connectivity index (χ3v) is 3.46. The van der Waals surface area contributed by atoms with Gasteiger partial charge < -0.3 is 14.8 Å². The number of para-hydroxylation sites is 1. The quantitative estimate of drug-likeness (QED) is 0.942. The molecule has 2 unspecified atom stereocenters. The molecule has 1 heterocycles. The summed E-state index contributed by atoms with van der Waals surface area (Å²) < 4.78 is 37.8. The van der Waals surface area contributed by atoms with E-state index in [1.165, 1.54) is 0 Å². The standard InChI is InChI=1S/C16H15F2NO2/c1-19-16-13-4-2-3-5-14(13)20-9-15(16)21-12-7-10(17)6-11(18)8-12/h2-8,15-16,19H,9H2,1H3. The second-order valence-corrected chi connectivity index (χ2v) is 4.88.